The van der Waals surface area contributed by atoms with Crippen molar-refractivity contribution in [3.8, 4) is 11.5 Å². The van der Waals surface area contributed by atoms with E-state index < -0.39 is 0 Å². The lowest BCUT2D eigenvalue weighted by molar-refractivity contribution is -0.118. The number of benzene rings is 2. The fourth-order valence-corrected chi connectivity index (χ4v) is 3.83. The number of thiazole rings is 1. The highest BCUT2D eigenvalue weighted by molar-refractivity contribution is 7.15. The number of nitrogens with one attached hydrogen (secondary N) is 1. The van der Waals surface area contributed by atoms with Gasteiger partial charge in [0, 0.05) is 33.1 Å². The molecule has 0 saturated heterocycles. The van der Waals surface area contributed by atoms with Crippen LogP contribution in [0.15, 0.2) is 42.6 Å². The molecule has 0 aliphatic carbocycles. The summed E-state index contributed by atoms with van der Waals surface area (Å²) in [6.45, 7) is 2.00. The topological polar surface area (TPSA) is 77.5 Å². The van der Waals surface area contributed by atoms with Crippen LogP contribution in [0.2, 0.25) is 10.0 Å². The smallest absolute Gasteiger partial charge is 0.264 e. The van der Waals surface area contributed by atoms with E-state index >= 15 is 0 Å². The Morgan fingerprint density at radius 2 is 2.00 bits per heavy atom. The fraction of sp³-hybridized carbons (Fsp3) is 0.190. The van der Waals surface area contributed by atoms with Gasteiger partial charge in [-0.05, 0) is 48.9 Å². The summed E-state index contributed by atoms with van der Waals surface area (Å²) < 4.78 is 11.0. The predicted octanol–water partition coefficient (Wildman–Crippen LogP) is 5.27. The predicted molar refractivity (Wildman–Crippen MR) is 119 cm³/mol. The summed E-state index contributed by atoms with van der Waals surface area (Å²) in [4.78, 5) is 28.3. The summed E-state index contributed by atoms with van der Waals surface area (Å²) in [5.41, 5.74) is 1.35. The van der Waals surface area contributed by atoms with Crippen molar-refractivity contribution in [2.24, 2.45) is 0 Å². The number of carbonyl (C=O) groups is 2. The summed E-state index contributed by atoms with van der Waals surface area (Å²) >= 11 is 13.6. The summed E-state index contributed by atoms with van der Waals surface area (Å²) in [5.74, 6) is 0.427. The second-order valence-corrected chi connectivity index (χ2v) is 8.10. The minimum absolute atomic E-state index is 0.227. The number of nitrogens with zero attached hydrogens (tertiary/aromatic N) is 1. The lowest BCUT2D eigenvalue weighted by atomic mass is 10.1. The van der Waals surface area contributed by atoms with Gasteiger partial charge < -0.3 is 9.47 Å². The number of ether oxygens (including phenoxy) is 2. The zero-order valence-corrected chi connectivity index (χ0v) is 18.3. The van der Waals surface area contributed by atoms with Crippen LogP contribution in [0.1, 0.15) is 27.7 Å². The fourth-order valence-electron chi connectivity index (χ4n) is 2.60. The first-order valence-electron chi connectivity index (χ1n) is 9.01. The molecule has 2 aromatic carbocycles. The number of amides is 1. The van der Waals surface area contributed by atoms with Gasteiger partial charge in [0.1, 0.15) is 6.29 Å². The molecule has 0 unspecified atom stereocenters. The second-order valence-electron chi connectivity index (χ2n) is 6.14. The maximum Gasteiger partial charge on any atom is 0.264 e. The number of aromatic nitrogens is 1. The van der Waals surface area contributed by atoms with Gasteiger partial charge in [-0.25, -0.2) is 4.98 Å². The molecule has 9 heteroatoms. The van der Waals surface area contributed by atoms with Gasteiger partial charge in [-0.1, -0.05) is 23.2 Å². The number of carbonyl (C=O) groups excluding carboxylic acids is 2. The zero-order valence-electron chi connectivity index (χ0n) is 16.0. The molecule has 1 amide bonds. The SMILES string of the molecule is CCOc1cc(C=O)ccc1OCC(=O)Nc1ncc(Cc2cc(Cl)ccc2Cl)s1. The van der Waals surface area contributed by atoms with Crippen LogP contribution in [0, 0.1) is 0 Å². The van der Waals surface area contributed by atoms with E-state index in [0.717, 1.165) is 16.7 Å². The minimum Gasteiger partial charge on any atom is -0.490 e. The summed E-state index contributed by atoms with van der Waals surface area (Å²) in [6, 6.07) is 10.0. The quantitative estimate of drug-likeness (QED) is 0.436. The molecule has 156 valence electrons. The van der Waals surface area contributed by atoms with Gasteiger partial charge in [0.05, 0.1) is 6.61 Å². The van der Waals surface area contributed by atoms with E-state index in [1.165, 1.54) is 11.3 Å². The Morgan fingerprint density at radius 3 is 2.77 bits per heavy atom. The van der Waals surface area contributed by atoms with Gasteiger partial charge in [-0.3, -0.25) is 14.9 Å². The van der Waals surface area contributed by atoms with Crippen molar-refractivity contribution in [1.29, 1.82) is 0 Å². The van der Waals surface area contributed by atoms with Crippen LogP contribution in [0.3, 0.4) is 0 Å². The third-order valence-corrected chi connectivity index (χ3v) is 5.45. The number of hydrogen-bond donors (Lipinski definition) is 1. The van der Waals surface area contributed by atoms with E-state index in [2.05, 4.69) is 10.3 Å². The van der Waals surface area contributed by atoms with Crippen molar-refractivity contribution in [3.05, 3.63) is 68.6 Å². The Kier molecular flexibility index (Phi) is 7.68. The maximum atomic E-state index is 12.2. The molecule has 0 fully saturated rings. The standard InChI is InChI=1S/C21H18Cl2N2O4S/c1-2-28-19-7-13(11-26)3-6-18(19)29-12-20(27)25-21-24-10-16(30-21)9-14-8-15(22)4-5-17(14)23/h3-8,10-11H,2,9,12H2,1H3,(H,24,25,27). The third-order valence-electron chi connectivity index (χ3n) is 3.93. The molecule has 0 radical (unpaired) electrons. The number of rotatable bonds is 9. The molecule has 1 aromatic heterocycles. The van der Waals surface area contributed by atoms with Gasteiger partial charge in [0.2, 0.25) is 0 Å². The lowest BCUT2D eigenvalue weighted by Gasteiger charge is -2.11. The van der Waals surface area contributed by atoms with Crippen LogP contribution in [-0.2, 0) is 11.2 Å². The van der Waals surface area contributed by atoms with Crippen LogP contribution < -0.4 is 14.8 Å². The Balaban J connectivity index is 1.58. The Labute approximate surface area is 187 Å². The average Bonchev–Trinajstić information content (AvgIpc) is 3.16. The number of aldehydes is 1. The first-order chi connectivity index (χ1) is 14.5. The van der Waals surface area contributed by atoms with E-state index in [4.69, 9.17) is 32.7 Å². The van der Waals surface area contributed by atoms with E-state index in [1.54, 1.807) is 36.5 Å². The van der Waals surface area contributed by atoms with Gasteiger partial charge in [-0.2, -0.15) is 0 Å². The molecule has 30 heavy (non-hydrogen) atoms. The molecule has 1 heterocycles. The monoisotopic (exact) mass is 464 g/mol. The summed E-state index contributed by atoms with van der Waals surface area (Å²) in [7, 11) is 0. The molecule has 0 atom stereocenters. The van der Waals surface area contributed by atoms with Crippen molar-refractivity contribution < 1.29 is 19.1 Å². The summed E-state index contributed by atoms with van der Waals surface area (Å²) in [5, 5.41) is 4.39. The van der Waals surface area contributed by atoms with Crippen LogP contribution >= 0.6 is 34.5 Å². The normalized spacial score (nSPS) is 10.5. The Bertz CT molecular complexity index is 1060. The van der Waals surface area contributed by atoms with Gasteiger partial charge >= 0.3 is 0 Å². The van der Waals surface area contributed by atoms with Crippen LogP contribution in [0.4, 0.5) is 5.13 Å². The van der Waals surface area contributed by atoms with E-state index in [0.29, 0.717) is 45.3 Å². The minimum atomic E-state index is -0.362. The molecular formula is C21H18Cl2N2O4S. The molecule has 0 saturated carbocycles. The van der Waals surface area contributed by atoms with Gasteiger partial charge in [-0.15, -0.1) is 11.3 Å². The van der Waals surface area contributed by atoms with Crippen molar-refractivity contribution in [3.63, 3.8) is 0 Å². The molecule has 0 aliphatic rings. The van der Waals surface area contributed by atoms with Crippen molar-refractivity contribution in [2.75, 3.05) is 18.5 Å². The largest absolute Gasteiger partial charge is 0.490 e. The van der Waals surface area contributed by atoms with E-state index in [1.807, 2.05) is 13.0 Å². The summed E-state index contributed by atoms with van der Waals surface area (Å²) in [6.07, 6.45) is 2.96. The first-order valence-corrected chi connectivity index (χ1v) is 10.6. The van der Waals surface area contributed by atoms with Crippen LogP contribution in [0.5, 0.6) is 11.5 Å². The Morgan fingerprint density at radius 1 is 1.17 bits per heavy atom. The maximum absolute atomic E-state index is 12.2. The van der Waals surface area contributed by atoms with Crippen LogP contribution in [-0.4, -0.2) is 30.4 Å². The van der Waals surface area contributed by atoms with Crippen molar-refractivity contribution in [1.82, 2.24) is 4.98 Å². The van der Waals surface area contributed by atoms with Crippen LogP contribution in [0.25, 0.3) is 0 Å². The average molecular weight is 465 g/mol. The van der Waals surface area contributed by atoms with Gasteiger partial charge in [0.15, 0.2) is 23.2 Å². The number of hydrogen-bond acceptors (Lipinski definition) is 6. The molecular weight excluding hydrogens is 447 g/mol. The third kappa shape index (κ3) is 5.95. The molecule has 1 N–H and O–H groups in total. The number of halogens is 2. The molecule has 0 aliphatic heterocycles. The van der Waals surface area contributed by atoms with Gasteiger partial charge in [0.25, 0.3) is 5.91 Å². The molecule has 0 bridgehead atoms. The highest BCUT2D eigenvalue weighted by atomic mass is 35.5. The molecule has 0 spiro atoms. The molecule has 3 rings (SSSR count). The molecule has 6 nitrogen and oxygen atoms in total. The highest BCUT2D eigenvalue weighted by Crippen LogP contribution is 2.29. The van der Waals surface area contributed by atoms with E-state index in [9.17, 15) is 9.59 Å². The van der Waals surface area contributed by atoms with Crippen molar-refractivity contribution >= 4 is 51.9 Å². The Hall–Kier alpha value is -2.61. The zero-order chi connectivity index (χ0) is 21.5. The lowest BCUT2D eigenvalue weighted by Crippen LogP contribution is -2.20. The van der Waals surface area contributed by atoms with E-state index in [-0.39, 0.29) is 12.5 Å². The highest BCUT2D eigenvalue weighted by Gasteiger charge is 2.12. The van der Waals surface area contributed by atoms with Crippen molar-refractivity contribution in [2.45, 2.75) is 13.3 Å². The second kappa shape index (κ2) is 10.4. The first kappa shape index (κ1) is 22.1. The molecule has 3 aromatic rings. The number of anilines is 1.